The van der Waals surface area contributed by atoms with Crippen molar-refractivity contribution in [2.45, 2.75) is 0 Å². The van der Waals surface area contributed by atoms with E-state index in [1.165, 1.54) is 18.3 Å². The van der Waals surface area contributed by atoms with Gasteiger partial charge >= 0.3 is 5.97 Å². The van der Waals surface area contributed by atoms with E-state index in [-0.39, 0.29) is 11.4 Å². The summed E-state index contributed by atoms with van der Waals surface area (Å²) in [6, 6.07) is 9.09. The summed E-state index contributed by atoms with van der Waals surface area (Å²) in [5, 5.41) is 8.91. The summed E-state index contributed by atoms with van der Waals surface area (Å²) >= 11 is 0. The number of imide groups is 1. The van der Waals surface area contributed by atoms with Crippen molar-refractivity contribution in [2.75, 3.05) is 4.90 Å². The number of carbonyl (C=O) groups excluding carboxylic acids is 2. The second-order valence-electron chi connectivity index (χ2n) is 4.20. The molecule has 2 aromatic rings. The molecule has 1 aliphatic heterocycles. The maximum atomic E-state index is 12.2. The number of hydrogen-bond donors (Lipinski definition) is 1. The molecule has 1 aromatic carbocycles. The van der Waals surface area contributed by atoms with Gasteiger partial charge in [0.15, 0.2) is 0 Å². The zero-order valence-corrected chi connectivity index (χ0v) is 10.1. The lowest BCUT2D eigenvalue weighted by molar-refractivity contribution is 0.0689. The van der Waals surface area contributed by atoms with Crippen LogP contribution in [0.1, 0.15) is 31.2 Å². The number of carboxylic acid groups (broad SMARTS) is 1. The van der Waals surface area contributed by atoms with Crippen LogP contribution in [0.5, 0.6) is 0 Å². The minimum Gasteiger partial charge on any atom is -0.477 e. The van der Waals surface area contributed by atoms with E-state index >= 15 is 0 Å². The largest absolute Gasteiger partial charge is 0.477 e. The van der Waals surface area contributed by atoms with E-state index in [4.69, 9.17) is 5.11 Å². The number of fused-ring (bicyclic) bond motifs is 1. The maximum absolute atomic E-state index is 12.2. The van der Waals surface area contributed by atoms with Crippen LogP contribution in [0.25, 0.3) is 0 Å². The molecule has 0 unspecified atom stereocenters. The van der Waals surface area contributed by atoms with Crippen LogP contribution in [-0.4, -0.2) is 27.9 Å². The number of anilines is 1. The fourth-order valence-corrected chi connectivity index (χ4v) is 2.10. The summed E-state index contributed by atoms with van der Waals surface area (Å²) < 4.78 is 0. The Labute approximate surface area is 113 Å². The van der Waals surface area contributed by atoms with Gasteiger partial charge in [0.25, 0.3) is 11.8 Å². The lowest BCUT2D eigenvalue weighted by Gasteiger charge is -2.13. The van der Waals surface area contributed by atoms with E-state index in [2.05, 4.69) is 4.98 Å². The van der Waals surface area contributed by atoms with E-state index in [0.29, 0.717) is 11.1 Å². The number of nitrogens with zero attached hydrogens (tertiary/aromatic N) is 2. The van der Waals surface area contributed by atoms with Crippen LogP contribution in [0, 0.1) is 0 Å². The zero-order chi connectivity index (χ0) is 14.3. The van der Waals surface area contributed by atoms with Crippen LogP contribution >= 0.6 is 0 Å². The topological polar surface area (TPSA) is 87.6 Å². The molecule has 98 valence electrons. The first-order valence-electron chi connectivity index (χ1n) is 5.77. The highest BCUT2D eigenvalue weighted by atomic mass is 16.4. The van der Waals surface area contributed by atoms with Gasteiger partial charge in [-0.3, -0.25) is 9.59 Å². The lowest BCUT2D eigenvalue weighted by atomic mass is 10.1. The maximum Gasteiger partial charge on any atom is 0.354 e. The number of aromatic carboxylic acids is 1. The summed E-state index contributed by atoms with van der Waals surface area (Å²) in [6.07, 6.45) is 1.25. The fraction of sp³-hybridized carbons (Fsp3) is 0. The van der Waals surface area contributed by atoms with E-state index in [1.807, 2.05) is 0 Å². The Balaban J connectivity index is 2.09. The van der Waals surface area contributed by atoms with E-state index in [1.54, 1.807) is 24.3 Å². The van der Waals surface area contributed by atoms with E-state index in [9.17, 15) is 14.4 Å². The standard InChI is InChI=1S/C14H8N2O4/c17-12-9-3-1-2-4-10(9)13(18)16(12)8-5-6-15-11(7-8)14(19)20/h1-7H,(H,19,20). The molecule has 0 saturated heterocycles. The monoisotopic (exact) mass is 268 g/mol. The Bertz CT molecular complexity index is 719. The molecular formula is C14H8N2O4. The van der Waals surface area contributed by atoms with Gasteiger partial charge in [-0.15, -0.1) is 0 Å². The van der Waals surface area contributed by atoms with Gasteiger partial charge < -0.3 is 5.11 Å². The Morgan fingerprint density at radius 1 is 1.05 bits per heavy atom. The molecule has 0 atom stereocenters. The Morgan fingerprint density at radius 2 is 1.65 bits per heavy atom. The molecule has 0 fully saturated rings. The molecule has 3 rings (SSSR count). The van der Waals surface area contributed by atoms with Crippen molar-refractivity contribution in [1.29, 1.82) is 0 Å². The third-order valence-corrected chi connectivity index (χ3v) is 3.01. The molecule has 20 heavy (non-hydrogen) atoms. The van der Waals surface area contributed by atoms with Crippen molar-refractivity contribution in [2.24, 2.45) is 0 Å². The Kier molecular flexibility index (Phi) is 2.57. The molecule has 2 heterocycles. The zero-order valence-electron chi connectivity index (χ0n) is 10.1. The fourth-order valence-electron chi connectivity index (χ4n) is 2.10. The van der Waals surface area contributed by atoms with Crippen molar-refractivity contribution >= 4 is 23.5 Å². The predicted octanol–water partition coefficient (Wildman–Crippen LogP) is 1.58. The van der Waals surface area contributed by atoms with Crippen molar-refractivity contribution in [3.8, 4) is 0 Å². The van der Waals surface area contributed by atoms with Crippen LogP contribution in [0.2, 0.25) is 0 Å². The predicted molar refractivity (Wildman–Crippen MR) is 68.8 cm³/mol. The molecule has 1 aromatic heterocycles. The normalized spacial score (nSPS) is 13.5. The van der Waals surface area contributed by atoms with Crippen molar-refractivity contribution in [3.05, 3.63) is 59.4 Å². The third kappa shape index (κ3) is 1.66. The molecule has 2 amide bonds. The third-order valence-electron chi connectivity index (χ3n) is 3.01. The van der Waals surface area contributed by atoms with Crippen molar-refractivity contribution < 1.29 is 19.5 Å². The number of aromatic nitrogens is 1. The minimum atomic E-state index is -1.22. The number of carboxylic acids is 1. The van der Waals surface area contributed by atoms with Crippen LogP contribution < -0.4 is 4.90 Å². The van der Waals surface area contributed by atoms with Gasteiger partial charge in [-0.1, -0.05) is 12.1 Å². The van der Waals surface area contributed by atoms with Crippen LogP contribution in [-0.2, 0) is 0 Å². The van der Waals surface area contributed by atoms with Crippen LogP contribution in [0.3, 0.4) is 0 Å². The first kappa shape index (κ1) is 12.0. The quantitative estimate of drug-likeness (QED) is 0.835. The van der Waals surface area contributed by atoms with Gasteiger partial charge in [-0.2, -0.15) is 0 Å². The number of pyridine rings is 1. The van der Waals surface area contributed by atoms with Crippen molar-refractivity contribution in [1.82, 2.24) is 4.98 Å². The first-order chi connectivity index (χ1) is 9.59. The van der Waals surface area contributed by atoms with Crippen LogP contribution in [0.4, 0.5) is 5.69 Å². The summed E-state index contributed by atoms with van der Waals surface area (Å²) in [7, 11) is 0. The molecule has 0 spiro atoms. The number of benzene rings is 1. The SMILES string of the molecule is O=C(O)c1cc(N2C(=O)c3ccccc3C2=O)ccn1. The van der Waals surface area contributed by atoms with Gasteiger partial charge in [-0.05, 0) is 24.3 Å². The Morgan fingerprint density at radius 3 is 2.20 bits per heavy atom. The minimum absolute atomic E-state index is 0.198. The van der Waals surface area contributed by atoms with Crippen molar-refractivity contribution in [3.63, 3.8) is 0 Å². The number of rotatable bonds is 2. The molecule has 1 N–H and O–H groups in total. The summed E-state index contributed by atoms with van der Waals surface area (Å²) in [5.74, 6) is -2.15. The number of amides is 2. The van der Waals surface area contributed by atoms with Gasteiger partial charge in [0, 0.05) is 6.20 Å². The summed E-state index contributed by atoms with van der Waals surface area (Å²) in [6.45, 7) is 0. The molecule has 0 saturated carbocycles. The average molecular weight is 268 g/mol. The highest BCUT2D eigenvalue weighted by Crippen LogP contribution is 2.28. The molecule has 0 bridgehead atoms. The van der Waals surface area contributed by atoms with E-state index < -0.39 is 17.8 Å². The van der Waals surface area contributed by atoms with Gasteiger partial charge in [-0.25, -0.2) is 14.7 Å². The number of carbonyl (C=O) groups is 3. The molecule has 6 heteroatoms. The Hall–Kier alpha value is -3.02. The van der Waals surface area contributed by atoms with Crippen LogP contribution in [0.15, 0.2) is 42.6 Å². The average Bonchev–Trinajstić information content (AvgIpc) is 2.72. The highest BCUT2D eigenvalue weighted by Gasteiger charge is 2.36. The van der Waals surface area contributed by atoms with Gasteiger partial charge in [0.1, 0.15) is 5.69 Å². The van der Waals surface area contributed by atoms with Gasteiger partial charge in [0.2, 0.25) is 0 Å². The second kappa shape index (κ2) is 4.27. The highest BCUT2D eigenvalue weighted by molar-refractivity contribution is 6.34. The second-order valence-corrected chi connectivity index (χ2v) is 4.20. The van der Waals surface area contributed by atoms with E-state index in [0.717, 1.165) is 4.90 Å². The summed E-state index contributed by atoms with van der Waals surface area (Å²) in [4.78, 5) is 40.0. The lowest BCUT2D eigenvalue weighted by Crippen LogP contribution is -2.29. The number of hydrogen-bond acceptors (Lipinski definition) is 4. The molecule has 0 aliphatic carbocycles. The summed E-state index contributed by atoms with van der Waals surface area (Å²) in [5.41, 5.74) is 0.597. The molecular weight excluding hydrogens is 260 g/mol. The van der Waals surface area contributed by atoms with Gasteiger partial charge in [0.05, 0.1) is 16.8 Å². The molecule has 6 nitrogen and oxygen atoms in total. The molecule has 0 radical (unpaired) electrons. The molecule has 1 aliphatic rings. The first-order valence-corrected chi connectivity index (χ1v) is 5.77. The smallest absolute Gasteiger partial charge is 0.354 e.